The topological polar surface area (TPSA) is 62.6 Å². The highest BCUT2D eigenvalue weighted by molar-refractivity contribution is 5.81. The van der Waals surface area contributed by atoms with Crippen LogP contribution in [0.25, 0.3) is 0 Å². The van der Waals surface area contributed by atoms with Gasteiger partial charge in [-0.3, -0.25) is 9.59 Å². The Morgan fingerprint density at radius 2 is 1.92 bits per heavy atom. The van der Waals surface area contributed by atoms with Crippen molar-refractivity contribution in [3.63, 3.8) is 0 Å². The lowest BCUT2D eigenvalue weighted by atomic mass is 9.96. The van der Waals surface area contributed by atoms with Crippen LogP contribution in [0.1, 0.15) is 44.6 Å². The van der Waals surface area contributed by atoms with E-state index in [4.69, 9.17) is 0 Å². The summed E-state index contributed by atoms with van der Waals surface area (Å²) in [5.74, 6) is 0.354. The number of hydrogen-bond acceptors (Lipinski definition) is 2. The summed E-state index contributed by atoms with van der Waals surface area (Å²) < 4.78 is 0. The van der Waals surface area contributed by atoms with Crippen molar-refractivity contribution in [2.75, 3.05) is 20.1 Å². The van der Waals surface area contributed by atoms with Crippen molar-refractivity contribution in [2.24, 2.45) is 0 Å². The number of carbonyl (C=O) groups excluding carboxylic acids is 2. The molecule has 132 valence electrons. The monoisotopic (exact) mass is 332 g/mol. The molecule has 1 fully saturated rings. The summed E-state index contributed by atoms with van der Waals surface area (Å²) >= 11 is 0. The standard InChI is InChI=1S/C19H29N3O2/c1-4-15(16-8-6-5-7-9-16)12-20-19(24)14(2)22(3)13-18(23)21-17-10-11-17/h5-9,14-15,17H,4,10-13H2,1-3H3,(H,20,24)(H,21,23)/p+1/t14-,15+/m1/s1. The molecule has 1 aliphatic carbocycles. The van der Waals surface area contributed by atoms with Gasteiger partial charge in [-0.2, -0.15) is 0 Å². The minimum absolute atomic E-state index is 0.00102. The zero-order valence-electron chi connectivity index (χ0n) is 15.0. The first kappa shape index (κ1) is 18.5. The van der Waals surface area contributed by atoms with E-state index in [9.17, 15) is 9.59 Å². The van der Waals surface area contributed by atoms with Gasteiger partial charge in [0.15, 0.2) is 12.6 Å². The highest BCUT2D eigenvalue weighted by Crippen LogP contribution is 2.18. The third-order valence-corrected chi connectivity index (χ3v) is 4.80. The third-order valence-electron chi connectivity index (χ3n) is 4.80. The number of benzene rings is 1. The fourth-order valence-corrected chi connectivity index (χ4v) is 2.74. The molecule has 1 unspecified atom stereocenters. The maximum absolute atomic E-state index is 12.4. The molecule has 1 aliphatic rings. The zero-order chi connectivity index (χ0) is 17.5. The van der Waals surface area contributed by atoms with E-state index < -0.39 is 0 Å². The number of amides is 2. The lowest BCUT2D eigenvalue weighted by molar-refractivity contribution is -0.886. The Morgan fingerprint density at radius 3 is 2.50 bits per heavy atom. The Bertz CT molecular complexity index is 543. The second-order valence-corrected chi connectivity index (χ2v) is 6.85. The molecule has 5 heteroatoms. The Hall–Kier alpha value is -1.88. The van der Waals surface area contributed by atoms with Gasteiger partial charge in [0, 0.05) is 18.5 Å². The maximum Gasteiger partial charge on any atom is 0.278 e. The van der Waals surface area contributed by atoms with Crippen molar-refractivity contribution in [1.29, 1.82) is 0 Å². The van der Waals surface area contributed by atoms with Gasteiger partial charge in [-0.15, -0.1) is 0 Å². The number of nitrogens with one attached hydrogen (secondary N) is 3. The number of quaternary nitrogens is 1. The molecule has 3 atom stereocenters. The molecule has 0 aromatic heterocycles. The first-order chi connectivity index (χ1) is 11.5. The van der Waals surface area contributed by atoms with E-state index in [-0.39, 0.29) is 17.9 Å². The molecule has 2 rings (SSSR count). The Labute approximate surface area is 144 Å². The minimum atomic E-state index is -0.247. The molecule has 0 aliphatic heterocycles. The van der Waals surface area contributed by atoms with Crippen LogP contribution < -0.4 is 15.5 Å². The van der Waals surface area contributed by atoms with E-state index in [0.29, 0.717) is 25.0 Å². The quantitative estimate of drug-likeness (QED) is 0.616. The van der Waals surface area contributed by atoms with E-state index in [1.165, 1.54) is 5.56 Å². The van der Waals surface area contributed by atoms with Gasteiger partial charge in [-0.1, -0.05) is 37.3 Å². The number of likely N-dealkylation sites (N-methyl/N-ethyl adjacent to an activating group) is 1. The average molecular weight is 332 g/mol. The van der Waals surface area contributed by atoms with Gasteiger partial charge in [0.1, 0.15) is 0 Å². The summed E-state index contributed by atoms with van der Waals surface area (Å²) in [5, 5.41) is 6.02. The highest BCUT2D eigenvalue weighted by Gasteiger charge is 2.28. The van der Waals surface area contributed by atoms with Gasteiger partial charge in [-0.25, -0.2) is 0 Å². The van der Waals surface area contributed by atoms with Crippen LogP contribution in [-0.4, -0.2) is 44.0 Å². The van der Waals surface area contributed by atoms with Crippen LogP contribution in [0, 0.1) is 0 Å². The summed E-state index contributed by atoms with van der Waals surface area (Å²) in [6.45, 7) is 4.97. The zero-order valence-corrected chi connectivity index (χ0v) is 15.0. The summed E-state index contributed by atoms with van der Waals surface area (Å²) in [5.41, 5.74) is 1.25. The van der Waals surface area contributed by atoms with Gasteiger partial charge in [-0.05, 0) is 31.7 Å². The smallest absolute Gasteiger partial charge is 0.278 e. The highest BCUT2D eigenvalue weighted by atomic mass is 16.2. The van der Waals surface area contributed by atoms with Gasteiger partial charge in [0.05, 0.1) is 7.05 Å². The fraction of sp³-hybridized carbons (Fsp3) is 0.579. The van der Waals surface area contributed by atoms with Crippen LogP contribution in [0.5, 0.6) is 0 Å². The molecule has 0 bridgehead atoms. The summed E-state index contributed by atoms with van der Waals surface area (Å²) in [7, 11) is 1.89. The van der Waals surface area contributed by atoms with Gasteiger partial charge >= 0.3 is 0 Å². The first-order valence-corrected chi connectivity index (χ1v) is 8.95. The van der Waals surface area contributed by atoms with E-state index in [2.05, 4.69) is 29.7 Å². The van der Waals surface area contributed by atoms with Gasteiger partial charge < -0.3 is 15.5 Å². The van der Waals surface area contributed by atoms with Crippen LogP contribution in [-0.2, 0) is 9.59 Å². The van der Waals surface area contributed by atoms with Crippen LogP contribution in [0.15, 0.2) is 30.3 Å². The molecular formula is C19H30N3O2+. The van der Waals surface area contributed by atoms with Crippen molar-refractivity contribution >= 4 is 11.8 Å². The molecule has 1 saturated carbocycles. The second kappa shape index (κ2) is 8.83. The van der Waals surface area contributed by atoms with Crippen molar-refractivity contribution in [3.8, 4) is 0 Å². The van der Waals surface area contributed by atoms with Gasteiger partial charge in [0.25, 0.3) is 11.8 Å². The molecule has 0 radical (unpaired) electrons. The predicted molar refractivity (Wildman–Crippen MR) is 94.9 cm³/mol. The maximum atomic E-state index is 12.4. The Balaban J connectivity index is 1.78. The molecule has 24 heavy (non-hydrogen) atoms. The lowest BCUT2D eigenvalue weighted by Crippen LogP contribution is -3.15. The molecule has 0 heterocycles. The van der Waals surface area contributed by atoms with Crippen molar-refractivity contribution in [2.45, 2.75) is 51.1 Å². The van der Waals surface area contributed by atoms with Crippen LogP contribution in [0.4, 0.5) is 0 Å². The molecule has 0 saturated heterocycles. The predicted octanol–water partition coefficient (Wildman–Crippen LogP) is 0.478. The Morgan fingerprint density at radius 1 is 1.25 bits per heavy atom. The lowest BCUT2D eigenvalue weighted by Gasteiger charge is -2.22. The van der Waals surface area contributed by atoms with E-state index in [0.717, 1.165) is 24.2 Å². The largest absolute Gasteiger partial charge is 0.350 e. The van der Waals surface area contributed by atoms with Gasteiger partial charge in [0.2, 0.25) is 0 Å². The van der Waals surface area contributed by atoms with E-state index in [1.807, 2.05) is 32.2 Å². The Kier molecular flexibility index (Phi) is 6.79. The van der Waals surface area contributed by atoms with E-state index >= 15 is 0 Å². The third kappa shape index (κ3) is 5.64. The average Bonchev–Trinajstić information content (AvgIpc) is 3.39. The SMILES string of the molecule is CC[C@@H](CNC(=O)[C@@H](C)[NH+](C)CC(=O)NC1CC1)c1ccccc1. The number of hydrogen-bond donors (Lipinski definition) is 3. The molecule has 1 aromatic rings. The van der Waals surface area contributed by atoms with E-state index in [1.54, 1.807) is 0 Å². The second-order valence-electron chi connectivity index (χ2n) is 6.85. The van der Waals surface area contributed by atoms with Crippen molar-refractivity contribution in [3.05, 3.63) is 35.9 Å². The molecular weight excluding hydrogens is 302 g/mol. The molecule has 5 nitrogen and oxygen atoms in total. The summed E-state index contributed by atoms with van der Waals surface area (Å²) in [6, 6.07) is 10.4. The fourth-order valence-electron chi connectivity index (χ4n) is 2.74. The van der Waals surface area contributed by atoms with Crippen LogP contribution in [0.3, 0.4) is 0 Å². The summed E-state index contributed by atoms with van der Waals surface area (Å²) in [4.78, 5) is 25.2. The minimum Gasteiger partial charge on any atom is -0.350 e. The van der Waals surface area contributed by atoms with Crippen LogP contribution >= 0.6 is 0 Å². The normalized spacial score (nSPS) is 17.6. The van der Waals surface area contributed by atoms with Crippen molar-refractivity contribution in [1.82, 2.24) is 10.6 Å². The summed E-state index contributed by atoms with van der Waals surface area (Å²) in [6.07, 6.45) is 3.14. The van der Waals surface area contributed by atoms with Crippen molar-refractivity contribution < 1.29 is 14.5 Å². The molecule has 2 amide bonds. The number of rotatable bonds is 9. The molecule has 3 N–H and O–H groups in total. The first-order valence-electron chi connectivity index (χ1n) is 8.95. The van der Waals surface area contributed by atoms with Crippen LogP contribution in [0.2, 0.25) is 0 Å². The molecule has 1 aromatic carbocycles. The molecule has 0 spiro atoms. The number of carbonyl (C=O) groups is 2.